The molecule has 1 atom stereocenters. The van der Waals surface area contributed by atoms with Crippen molar-refractivity contribution in [3.63, 3.8) is 0 Å². The van der Waals surface area contributed by atoms with E-state index in [1.165, 1.54) is 6.42 Å². The normalized spacial score (nSPS) is 16.2. The number of benzene rings is 2. The minimum Gasteiger partial charge on any atom is -0.351 e. The number of alkyl halides is 6. The van der Waals surface area contributed by atoms with Crippen molar-refractivity contribution in [1.29, 1.82) is 0 Å². The van der Waals surface area contributed by atoms with Crippen molar-refractivity contribution < 1.29 is 31.1 Å². The van der Waals surface area contributed by atoms with Crippen LogP contribution in [-0.2, 0) is 23.7 Å². The number of carbonyl (C=O) groups is 1. The Hall–Kier alpha value is -1.97. The molecular weight excluding hydrogens is 541 g/mol. The summed E-state index contributed by atoms with van der Waals surface area (Å²) in [6, 6.07) is 6.43. The van der Waals surface area contributed by atoms with Gasteiger partial charge in [-0.05, 0) is 74.3 Å². The summed E-state index contributed by atoms with van der Waals surface area (Å²) in [5.41, 5.74) is -2.60. The van der Waals surface area contributed by atoms with Crippen LogP contribution in [0.5, 0.6) is 0 Å². The van der Waals surface area contributed by atoms with Crippen molar-refractivity contribution in [2.75, 3.05) is 13.6 Å². The van der Waals surface area contributed by atoms with Crippen molar-refractivity contribution in [2.45, 2.75) is 69.4 Å². The molecule has 1 aliphatic rings. The van der Waals surface area contributed by atoms with Gasteiger partial charge in [-0.15, -0.1) is 0 Å². The van der Waals surface area contributed by atoms with Crippen LogP contribution >= 0.6 is 23.2 Å². The Kier molecular flexibility index (Phi) is 9.80. The van der Waals surface area contributed by atoms with Gasteiger partial charge in [-0.25, -0.2) is 0 Å². The number of halogens is 8. The summed E-state index contributed by atoms with van der Waals surface area (Å²) in [6.07, 6.45) is -3.93. The van der Waals surface area contributed by atoms with E-state index in [0.29, 0.717) is 41.7 Å². The molecule has 2 aromatic rings. The lowest BCUT2D eigenvalue weighted by Crippen LogP contribution is -2.36. The van der Waals surface area contributed by atoms with Crippen LogP contribution in [-0.4, -0.2) is 30.4 Å². The number of rotatable bonds is 8. The van der Waals surface area contributed by atoms with Crippen molar-refractivity contribution in [3.8, 4) is 0 Å². The van der Waals surface area contributed by atoms with E-state index in [1.807, 2.05) is 7.05 Å². The van der Waals surface area contributed by atoms with E-state index in [1.54, 1.807) is 18.2 Å². The quantitative estimate of drug-likeness (QED) is 0.326. The van der Waals surface area contributed by atoms with Crippen LogP contribution in [0.2, 0.25) is 10.0 Å². The van der Waals surface area contributed by atoms with Crippen LogP contribution in [0, 0.1) is 0 Å². The molecule has 204 valence electrons. The smallest absolute Gasteiger partial charge is 0.351 e. The summed E-state index contributed by atoms with van der Waals surface area (Å²) >= 11 is 12.2. The van der Waals surface area contributed by atoms with Gasteiger partial charge in [0, 0.05) is 12.6 Å². The Balaban J connectivity index is 1.80. The molecule has 0 unspecified atom stereocenters. The summed E-state index contributed by atoms with van der Waals surface area (Å²) in [5.74, 6) is -1.25. The van der Waals surface area contributed by atoms with Gasteiger partial charge >= 0.3 is 12.4 Å². The molecular formula is C26H28Cl2F6N2O. The summed E-state index contributed by atoms with van der Waals surface area (Å²) in [4.78, 5) is 15.4. The van der Waals surface area contributed by atoms with E-state index in [0.717, 1.165) is 25.7 Å². The zero-order valence-electron chi connectivity index (χ0n) is 20.2. The van der Waals surface area contributed by atoms with Gasteiger partial charge in [-0.2, -0.15) is 26.3 Å². The lowest BCUT2D eigenvalue weighted by molar-refractivity contribution is -0.143. The molecule has 37 heavy (non-hydrogen) atoms. The number of hydrogen-bond donors (Lipinski definition) is 1. The first-order chi connectivity index (χ1) is 17.3. The average molecular weight is 569 g/mol. The second-order valence-corrected chi connectivity index (χ2v) is 10.2. The molecule has 0 bridgehead atoms. The Labute approximate surface area is 222 Å². The van der Waals surface area contributed by atoms with Gasteiger partial charge in [-0.3, -0.25) is 4.79 Å². The molecule has 1 fully saturated rings. The van der Waals surface area contributed by atoms with Crippen LogP contribution in [0.4, 0.5) is 26.3 Å². The highest BCUT2D eigenvalue weighted by atomic mass is 35.5. The minimum atomic E-state index is -4.97. The highest BCUT2D eigenvalue weighted by Gasteiger charge is 2.37. The highest BCUT2D eigenvalue weighted by molar-refractivity contribution is 6.42. The monoisotopic (exact) mass is 568 g/mol. The summed E-state index contributed by atoms with van der Waals surface area (Å²) in [7, 11) is 1.99. The molecule has 0 aromatic heterocycles. The fraction of sp³-hybridized carbons (Fsp3) is 0.500. The number of amides is 1. The molecule has 2 aromatic carbocycles. The molecule has 0 saturated heterocycles. The second kappa shape index (κ2) is 12.3. The Morgan fingerprint density at radius 1 is 0.946 bits per heavy atom. The molecule has 0 heterocycles. The molecule has 11 heteroatoms. The molecule has 1 aliphatic carbocycles. The maximum absolute atomic E-state index is 13.2. The standard InChI is InChI=1S/C26H28Cl2F6N2O/c1-36(20-5-3-2-4-6-20)10-9-21(17-7-8-22(27)23(28)13-17)24(37)35-15-16-11-18(25(29,30)31)14-19(12-16)26(32,33)34/h7-8,11-14,20-21H,2-6,9-10,15H2,1H3,(H,35,37)/t21-/m0/s1. The van der Waals surface area contributed by atoms with Gasteiger partial charge in [0.15, 0.2) is 0 Å². The van der Waals surface area contributed by atoms with Gasteiger partial charge in [0.25, 0.3) is 0 Å². The fourth-order valence-electron chi connectivity index (χ4n) is 4.65. The summed E-state index contributed by atoms with van der Waals surface area (Å²) in [5, 5.41) is 3.06. The van der Waals surface area contributed by atoms with Crippen LogP contribution in [0.3, 0.4) is 0 Å². The minimum absolute atomic E-state index is 0.0604. The van der Waals surface area contributed by atoms with Crippen LogP contribution in [0.15, 0.2) is 36.4 Å². The SMILES string of the molecule is CN(CC[C@H](C(=O)NCc1cc(C(F)(F)F)cc(C(F)(F)F)c1)c1ccc(Cl)c(Cl)c1)C1CCCCC1. The summed E-state index contributed by atoms with van der Waals surface area (Å²) < 4.78 is 79.2. The molecule has 0 radical (unpaired) electrons. The zero-order chi connectivity index (χ0) is 27.4. The van der Waals surface area contributed by atoms with Gasteiger partial charge in [0.2, 0.25) is 5.91 Å². The molecule has 1 amide bonds. The fourth-order valence-corrected chi connectivity index (χ4v) is 4.96. The lowest BCUT2D eigenvalue weighted by Gasteiger charge is -2.32. The number of nitrogens with zero attached hydrogens (tertiary/aromatic N) is 1. The lowest BCUT2D eigenvalue weighted by atomic mass is 9.92. The van der Waals surface area contributed by atoms with Crippen molar-refractivity contribution in [1.82, 2.24) is 10.2 Å². The van der Waals surface area contributed by atoms with Crippen molar-refractivity contribution >= 4 is 29.1 Å². The third kappa shape index (κ3) is 8.26. The molecule has 3 rings (SSSR count). The molecule has 0 spiro atoms. The van der Waals surface area contributed by atoms with Crippen molar-refractivity contribution in [3.05, 3.63) is 68.7 Å². The van der Waals surface area contributed by atoms with Crippen LogP contribution < -0.4 is 5.32 Å². The first-order valence-electron chi connectivity index (χ1n) is 12.0. The first kappa shape index (κ1) is 29.6. The van der Waals surface area contributed by atoms with E-state index in [-0.39, 0.29) is 16.7 Å². The average Bonchev–Trinajstić information content (AvgIpc) is 2.84. The van der Waals surface area contributed by atoms with Gasteiger partial charge < -0.3 is 10.2 Å². The third-order valence-corrected chi connectivity index (χ3v) is 7.48. The summed E-state index contributed by atoms with van der Waals surface area (Å²) in [6.45, 7) is 0.0763. The molecule has 1 N–H and O–H groups in total. The molecule has 3 nitrogen and oxygen atoms in total. The Morgan fingerprint density at radius 3 is 2.08 bits per heavy atom. The van der Waals surface area contributed by atoms with E-state index < -0.39 is 41.8 Å². The van der Waals surface area contributed by atoms with E-state index in [2.05, 4.69) is 10.2 Å². The highest BCUT2D eigenvalue weighted by Crippen LogP contribution is 2.36. The van der Waals surface area contributed by atoms with E-state index in [9.17, 15) is 31.1 Å². The predicted octanol–water partition coefficient (Wildman–Crippen LogP) is 8.09. The Bertz CT molecular complexity index is 1050. The van der Waals surface area contributed by atoms with E-state index in [4.69, 9.17) is 23.2 Å². The third-order valence-electron chi connectivity index (χ3n) is 6.75. The molecule has 1 saturated carbocycles. The number of carbonyl (C=O) groups excluding carboxylic acids is 1. The first-order valence-corrected chi connectivity index (χ1v) is 12.7. The predicted molar refractivity (Wildman–Crippen MR) is 132 cm³/mol. The van der Waals surface area contributed by atoms with Gasteiger partial charge in [0.1, 0.15) is 0 Å². The molecule has 0 aliphatic heterocycles. The van der Waals surface area contributed by atoms with Crippen LogP contribution in [0.25, 0.3) is 0 Å². The number of nitrogens with one attached hydrogen (secondary N) is 1. The van der Waals surface area contributed by atoms with E-state index >= 15 is 0 Å². The van der Waals surface area contributed by atoms with Crippen LogP contribution in [0.1, 0.15) is 66.7 Å². The largest absolute Gasteiger partial charge is 0.416 e. The van der Waals surface area contributed by atoms with Crippen molar-refractivity contribution in [2.24, 2.45) is 0 Å². The van der Waals surface area contributed by atoms with Gasteiger partial charge in [-0.1, -0.05) is 48.5 Å². The second-order valence-electron chi connectivity index (χ2n) is 9.42. The number of hydrogen-bond acceptors (Lipinski definition) is 2. The topological polar surface area (TPSA) is 32.3 Å². The van der Waals surface area contributed by atoms with Gasteiger partial charge in [0.05, 0.1) is 27.1 Å². The maximum atomic E-state index is 13.2. The zero-order valence-corrected chi connectivity index (χ0v) is 21.7. The maximum Gasteiger partial charge on any atom is 0.416 e. The Morgan fingerprint density at radius 2 is 1.54 bits per heavy atom.